The fourth-order valence-electron chi connectivity index (χ4n) is 13.4. The van der Waals surface area contributed by atoms with Gasteiger partial charge in [-0.3, -0.25) is 19.9 Å². The summed E-state index contributed by atoms with van der Waals surface area (Å²) < 4.78 is 70.2. The SMILES string of the molecule is N#Cc1cc(-n2c3ccc(-c4cccnc4-c4ccccc4)cc3c3cc(-c4cccnc4-c4ccccc4)ccc32)c(-c2c(F)cccc2C(F)(F)F)c(-n2c3ccc(-c4cccnc4-c4ccccc4)cc3c3cc(-c4cccnc4-c4ccccc4)ccc32)c1. The summed E-state index contributed by atoms with van der Waals surface area (Å²) in [6.45, 7) is 0. The van der Waals surface area contributed by atoms with Crippen molar-refractivity contribution < 1.29 is 17.6 Å². The number of aromatic nitrogens is 6. The van der Waals surface area contributed by atoms with E-state index in [0.717, 1.165) is 129 Å². The van der Waals surface area contributed by atoms with Crippen LogP contribution in [0.3, 0.4) is 0 Å². The van der Waals surface area contributed by atoms with Crippen molar-refractivity contribution in [1.82, 2.24) is 29.1 Å². The minimum atomic E-state index is -5.05. The highest BCUT2D eigenvalue weighted by molar-refractivity contribution is 6.15. The van der Waals surface area contributed by atoms with Crippen LogP contribution in [0.25, 0.3) is 156 Å². The van der Waals surface area contributed by atoms with Crippen LogP contribution >= 0.6 is 0 Å². The maximum atomic E-state index is 17.8. The normalized spacial score (nSPS) is 11.6. The number of fused-ring (bicyclic) bond motifs is 6. The summed E-state index contributed by atoms with van der Waals surface area (Å²) in [5, 5.41) is 14.4. The van der Waals surface area contributed by atoms with Crippen LogP contribution in [0.2, 0.25) is 0 Å². The third-order valence-electron chi connectivity index (χ3n) is 17.5. The molecular formula is C82H49F4N7. The highest BCUT2D eigenvalue weighted by Crippen LogP contribution is 2.50. The number of halogens is 4. The Morgan fingerprint density at radius 3 is 0.914 bits per heavy atom. The standard InChI is InChI=1S/C82H49F4N7/c83-69-31-13-30-68(82(84,85)86)76(69)77-74(92-70-36-32-56(60-26-14-40-88-78(60)52-18-5-1-6-19-52)46-64(70)65-47-57(33-37-71(65)92)61-27-15-41-89-79(61)53-20-7-2-8-21-53)44-51(50-87)45-75(77)93-72-38-34-58(62-28-16-42-90-80(62)54-22-9-3-10-23-54)48-66(72)67-49-59(35-39-73(67)93)63-29-17-43-91-81(63)55-24-11-4-12-25-55/h1-49H. The van der Waals surface area contributed by atoms with Crippen LogP contribution in [-0.2, 0) is 6.18 Å². The summed E-state index contributed by atoms with van der Waals surface area (Å²) in [5.41, 5.74) is 14.3. The summed E-state index contributed by atoms with van der Waals surface area (Å²) in [7, 11) is 0. The molecule has 0 unspecified atom stereocenters. The Bertz CT molecular complexity index is 5050. The van der Waals surface area contributed by atoms with Crippen molar-refractivity contribution in [3.63, 3.8) is 0 Å². The molecule has 0 aliphatic carbocycles. The first-order valence-electron chi connectivity index (χ1n) is 30.3. The van der Waals surface area contributed by atoms with Gasteiger partial charge in [0, 0.05) is 102 Å². The molecule has 93 heavy (non-hydrogen) atoms. The zero-order valence-electron chi connectivity index (χ0n) is 49.4. The molecule has 0 amide bonds. The molecule has 0 bridgehead atoms. The summed E-state index contributed by atoms with van der Waals surface area (Å²) in [5.74, 6) is -1.10. The Balaban J connectivity index is 1.02. The van der Waals surface area contributed by atoms with Crippen LogP contribution in [0.4, 0.5) is 17.6 Å². The van der Waals surface area contributed by atoms with Crippen molar-refractivity contribution in [2.75, 3.05) is 0 Å². The fourth-order valence-corrected chi connectivity index (χ4v) is 13.4. The van der Waals surface area contributed by atoms with Gasteiger partial charge in [0.05, 0.1) is 73.4 Å². The van der Waals surface area contributed by atoms with E-state index in [1.807, 2.05) is 228 Å². The monoisotopic (exact) mass is 1210 g/mol. The summed E-state index contributed by atoms with van der Waals surface area (Å²) in [6, 6.07) is 88.1. The van der Waals surface area contributed by atoms with Crippen molar-refractivity contribution in [1.29, 1.82) is 5.26 Å². The molecule has 7 nitrogen and oxygen atoms in total. The molecule has 16 aromatic rings. The molecule has 0 fully saturated rings. The molecule has 11 heteroatoms. The van der Waals surface area contributed by atoms with Crippen LogP contribution in [0.1, 0.15) is 11.1 Å². The van der Waals surface area contributed by atoms with Gasteiger partial charge in [0.2, 0.25) is 0 Å². The van der Waals surface area contributed by atoms with E-state index in [9.17, 15) is 5.26 Å². The maximum absolute atomic E-state index is 17.8. The topological polar surface area (TPSA) is 85.2 Å². The number of benzene rings is 10. The van der Waals surface area contributed by atoms with Gasteiger partial charge in [0.1, 0.15) is 5.82 Å². The van der Waals surface area contributed by atoms with E-state index in [1.165, 1.54) is 0 Å². The lowest BCUT2D eigenvalue weighted by molar-refractivity contribution is -0.137. The fraction of sp³-hybridized carbons (Fsp3) is 0.0122. The predicted molar refractivity (Wildman–Crippen MR) is 365 cm³/mol. The van der Waals surface area contributed by atoms with Crippen molar-refractivity contribution in [3.05, 3.63) is 315 Å². The van der Waals surface area contributed by atoms with E-state index in [0.29, 0.717) is 22.1 Å². The molecule has 16 rings (SSSR count). The molecule has 10 aromatic carbocycles. The van der Waals surface area contributed by atoms with Crippen LogP contribution in [-0.4, -0.2) is 29.1 Å². The third-order valence-corrected chi connectivity index (χ3v) is 17.5. The Morgan fingerprint density at radius 2 is 0.624 bits per heavy atom. The second-order valence-corrected chi connectivity index (χ2v) is 22.8. The van der Waals surface area contributed by atoms with Gasteiger partial charge in [-0.05, 0) is 119 Å². The van der Waals surface area contributed by atoms with Crippen molar-refractivity contribution >= 4 is 43.6 Å². The molecule has 440 valence electrons. The molecule has 0 atom stereocenters. The Labute approximate surface area is 531 Å². The first-order valence-corrected chi connectivity index (χ1v) is 30.3. The smallest absolute Gasteiger partial charge is 0.308 e. The molecule has 0 N–H and O–H groups in total. The molecule has 0 saturated heterocycles. The highest BCUT2D eigenvalue weighted by atomic mass is 19.4. The Morgan fingerprint density at radius 1 is 0.312 bits per heavy atom. The van der Waals surface area contributed by atoms with E-state index < -0.39 is 23.1 Å². The zero-order chi connectivity index (χ0) is 62.7. The molecule has 0 aliphatic rings. The van der Waals surface area contributed by atoms with Gasteiger partial charge in [-0.1, -0.05) is 176 Å². The first kappa shape index (κ1) is 55.9. The van der Waals surface area contributed by atoms with Crippen LogP contribution < -0.4 is 0 Å². The van der Waals surface area contributed by atoms with Crippen molar-refractivity contribution in [2.45, 2.75) is 6.18 Å². The quantitative estimate of drug-likeness (QED) is 0.120. The zero-order valence-corrected chi connectivity index (χ0v) is 49.4. The highest BCUT2D eigenvalue weighted by Gasteiger charge is 2.38. The van der Waals surface area contributed by atoms with Gasteiger partial charge >= 0.3 is 6.18 Å². The lowest BCUT2D eigenvalue weighted by atomic mass is 9.93. The van der Waals surface area contributed by atoms with E-state index in [-0.39, 0.29) is 22.5 Å². The van der Waals surface area contributed by atoms with E-state index >= 15 is 17.6 Å². The third kappa shape index (κ3) is 9.76. The second-order valence-electron chi connectivity index (χ2n) is 22.8. The number of hydrogen-bond acceptors (Lipinski definition) is 5. The molecular weight excluding hydrogens is 1160 g/mol. The van der Waals surface area contributed by atoms with Crippen molar-refractivity contribution in [3.8, 4) is 118 Å². The van der Waals surface area contributed by atoms with E-state index in [1.54, 1.807) is 36.9 Å². The number of nitriles is 1. The minimum absolute atomic E-state index is 0.0900. The number of nitrogens with zero attached hydrogens (tertiary/aromatic N) is 7. The first-order chi connectivity index (χ1) is 45.7. The van der Waals surface area contributed by atoms with Crippen molar-refractivity contribution in [2.24, 2.45) is 0 Å². The summed E-state index contributed by atoms with van der Waals surface area (Å²) in [6.07, 6.45) is 2.01. The van der Waals surface area contributed by atoms with Gasteiger partial charge in [0.25, 0.3) is 0 Å². The molecule has 6 aromatic heterocycles. The predicted octanol–water partition coefficient (Wildman–Crippen LogP) is 21.5. The van der Waals surface area contributed by atoms with Crippen LogP contribution in [0, 0.1) is 17.1 Å². The van der Waals surface area contributed by atoms with Gasteiger partial charge in [-0.2, -0.15) is 18.4 Å². The minimum Gasteiger partial charge on any atom is -0.308 e. The van der Waals surface area contributed by atoms with Gasteiger partial charge < -0.3 is 9.13 Å². The van der Waals surface area contributed by atoms with Gasteiger partial charge in [0.15, 0.2) is 0 Å². The maximum Gasteiger partial charge on any atom is 0.417 e. The second kappa shape index (κ2) is 22.9. The van der Waals surface area contributed by atoms with E-state index in [4.69, 9.17) is 19.9 Å². The number of pyridine rings is 4. The number of rotatable bonds is 11. The lowest BCUT2D eigenvalue weighted by Gasteiger charge is -2.23. The van der Waals surface area contributed by atoms with Crippen LogP contribution in [0.15, 0.2) is 298 Å². The molecule has 0 saturated carbocycles. The summed E-state index contributed by atoms with van der Waals surface area (Å²) >= 11 is 0. The van der Waals surface area contributed by atoms with Crippen LogP contribution in [0.5, 0.6) is 0 Å². The summed E-state index contributed by atoms with van der Waals surface area (Å²) in [4.78, 5) is 19.5. The number of hydrogen-bond donors (Lipinski definition) is 0. The van der Waals surface area contributed by atoms with Gasteiger partial charge in [-0.15, -0.1) is 0 Å². The Hall–Kier alpha value is -12.4. The number of alkyl halides is 3. The largest absolute Gasteiger partial charge is 0.417 e. The molecule has 6 heterocycles. The average Bonchev–Trinajstić information content (AvgIpc) is 1.58. The lowest BCUT2D eigenvalue weighted by Crippen LogP contribution is -2.12. The Kier molecular flexibility index (Phi) is 13.8. The molecule has 0 aliphatic heterocycles. The van der Waals surface area contributed by atoms with E-state index in [2.05, 4.69) is 30.3 Å². The van der Waals surface area contributed by atoms with Gasteiger partial charge in [-0.25, -0.2) is 4.39 Å². The molecule has 0 radical (unpaired) electrons. The average molecular weight is 1210 g/mol. The molecule has 0 spiro atoms.